The van der Waals surface area contributed by atoms with Crippen molar-refractivity contribution in [1.29, 1.82) is 0 Å². The monoisotopic (exact) mass is 187 g/mol. The van der Waals surface area contributed by atoms with E-state index >= 15 is 0 Å². The quantitative estimate of drug-likeness (QED) is 0.666. The highest BCUT2D eigenvalue weighted by Gasteiger charge is 2.15. The molecule has 1 aliphatic heterocycles. The Morgan fingerprint density at radius 2 is 2.00 bits per heavy atom. The lowest BCUT2D eigenvalue weighted by atomic mass is 9.95. The fraction of sp³-hybridized carbons (Fsp3) is 0.385. The molecule has 0 saturated carbocycles. The van der Waals surface area contributed by atoms with Crippen molar-refractivity contribution in [2.24, 2.45) is 0 Å². The summed E-state index contributed by atoms with van der Waals surface area (Å²) in [5.41, 5.74) is 4.06. The molecule has 1 aromatic rings. The molecule has 1 fully saturated rings. The molecule has 74 valence electrons. The minimum atomic E-state index is 0.529. The minimum absolute atomic E-state index is 0.529. The second kappa shape index (κ2) is 3.97. The van der Waals surface area contributed by atoms with Crippen LogP contribution in [0.3, 0.4) is 0 Å². The summed E-state index contributed by atoms with van der Waals surface area (Å²) in [7, 11) is 0. The Kier molecular flexibility index (Phi) is 2.69. The van der Waals surface area contributed by atoms with Gasteiger partial charge in [-0.2, -0.15) is 0 Å². The van der Waals surface area contributed by atoms with Gasteiger partial charge in [-0.05, 0) is 25.3 Å². The van der Waals surface area contributed by atoms with Gasteiger partial charge < -0.3 is 5.32 Å². The molecule has 0 spiro atoms. The van der Waals surface area contributed by atoms with Crippen LogP contribution in [-0.2, 0) is 0 Å². The first-order valence-electron chi connectivity index (χ1n) is 5.22. The average Bonchev–Trinajstić information content (AvgIpc) is 2.21. The third-order valence-electron chi connectivity index (χ3n) is 2.86. The van der Waals surface area contributed by atoms with Crippen LogP contribution in [0, 0.1) is 6.92 Å². The Labute approximate surface area is 85.8 Å². The van der Waals surface area contributed by atoms with Gasteiger partial charge in [-0.3, -0.25) is 0 Å². The number of piperidine rings is 1. The normalized spacial score (nSPS) is 22.4. The summed E-state index contributed by atoms with van der Waals surface area (Å²) in [6.07, 6.45) is 2.34. The highest BCUT2D eigenvalue weighted by Crippen LogP contribution is 2.24. The maximum Gasteiger partial charge on any atom is 0.0326 e. The number of rotatable bonds is 1. The van der Waals surface area contributed by atoms with Crippen LogP contribution in [0.2, 0.25) is 0 Å². The van der Waals surface area contributed by atoms with E-state index in [-0.39, 0.29) is 0 Å². The fourth-order valence-corrected chi connectivity index (χ4v) is 1.89. The zero-order valence-electron chi connectivity index (χ0n) is 8.72. The van der Waals surface area contributed by atoms with E-state index in [9.17, 15) is 0 Å². The molecule has 1 aliphatic rings. The SMILES string of the molecule is C=C1CCC(c2ccc(C)cc2)NC1. The first kappa shape index (κ1) is 9.47. The molecular weight excluding hydrogens is 170 g/mol. The highest BCUT2D eigenvalue weighted by molar-refractivity contribution is 5.25. The fourth-order valence-electron chi connectivity index (χ4n) is 1.89. The minimum Gasteiger partial charge on any atom is -0.306 e. The summed E-state index contributed by atoms with van der Waals surface area (Å²) in [5, 5.41) is 3.51. The molecule has 0 aromatic heterocycles. The van der Waals surface area contributed by atoms with Gasteiger partial charge in [0.1, 0.15) is 0 Å². The van der Waals surface area contributed by atoms with E-state index in [0.29, 0.717) is 6.04 Å². The molecule has 1 nitrogen and oxygen atoms in total. The van der Waals surface area contributed by atoms with Gasteiger partial charge in [0.25, 0.3) is 0 Å². The molecule has 0 radical (unpaired) electrons. The van der Waals surface area contributed by atoms with Crippen LogP contribution >= 0.6 is 0 Å². The first-order valence-corrected chi connectivity index (χ1v) is 5.22. The lowest BCUT2D eigenvalue weighted by Gasteiger charge is -2.25. The van der Waals surface area contributed by atoms with E-state index in [1.807, 2.05) is 0 Å². The van der Waals surface area contributed by atoms with Crippen molar-refractivity contribution >= 4 is 0 Å². The predicted octanol–water partition coefficient (Wildman–Crippen LogP) is 2.98. The lowest BCUT2D eigenvalue weighted by Crippen LogP contribution is -2.28. The summed E-state index contributed by atoms with van der Waals surface area (Å²) >= 11 is 0. The molecule has 1 unspecified atom stereocenters. The van der Waals surface area contributed by atoms with E-state index in [4.69, 9.17) is 0 Å². The van der Waals surface area contributed by atoms with Gasteiger partial charge >= 0.3 is 0 Å². The summed E-state index contributed by atoms with van der Waals surface area (Å²) in [6, 6.07) is 9.34. The van der Waals surface area contributed by atoms with Gasteiger partial charge in [0, 0.05) is 12.6 Å². The van der Waals surface area contributed by atoms with Gasteiger partial charge in [-0.25, -0.2) is 0 Å². The number of benzene rings is 1. The molecule has 1 aromatic carbocycles. The zero-order chi connectivity index (χ0) is 9.97. The molecule has 2 rings (SSSR count). The van der Waals surface area contributed by atoms with Crippen molar-refractivity contribution in [2.75, 3.05) is 6.54 Å². The number of hydrogen-bond donors (Lipinski definition) is 1. The first-order chi connectivity index (χ1) is 6.75. The summed E-state index contributed by atoms with van der Waals surface area (Å²) < 4.78 is 0. The topological polar surface area (TPSA) is 12.0 Å². The highest BCUT2D eigenvalue weighted by atomic mass is 14.9. The maximum atomic E-state index is 3.99. The Morgan fingerprint density at radius 1 is 1.29 bits per heavy atom. The van der Waals surface area contributed by atoms with Crippen LogP contribution in [0.4, 0.5) is 0 Å². The van der Waals surface area contributed by atoms with Crippen molar-refractivity contribution in [3.8, 4) is 0 Å². The Hall–Kier alpha value is -1.08. The lowest BCUT2D eigenvalue weighted by molar-refractivity contribution is 0.473. The second-order valence-electron chi connectivity index (χ2n) is 4.13. The van der Waals surface area contributed by atoms with Gasteiger partial charge in [0.2, 0.25) is 0 Å². The molecule has 1 saturated heterocycles. The van der Waals surface area contributed by atoms with Crippen molar-refractivity contribution in [2.45, 2.75) is 25.8 Å². The third-order valence-corrected chi connectivity index (χ3v) is 2.86. The number of hydrogen-bond acceptors (Lipinski definition) is 1. The van der Waals surface area contributed by atoms with Crippen molar-refractivity contribution < 1.29 is 0 Å². The molecular formula is C13H17N. The molecule has 14 heavy (non-hydrogen) atoms. The van der Waals surface area contributed by atoms with Crippen LogP contribution in [0.15, 0.2) is 36.4 Å². The van der Waals surface area contributed by atoms with Crippen molar-refractivity contribution in [3.63, 3.8) is 0 Å². The molecule has 0 bridgehead atoms. The van der Waals surface area contributed by atoms with Crippen LogP contribution in [-0.4, -0.2) is 6.54 Å². The predicted molar refractivity (Wildman–Crippen MR) is 60.3 cm³/mol. The maximum absolute atomic E-state index is 3.99. The second-order valence-corrected chi connectivity index (χ2v) is 4.13. The number of nitrogens with one attached hydrogen (secondary N) is 1. The van der Waals surface area contributed by atoms with Crippen LogP contribution < -0.4 is 5.32 Å². The van der Waals surface area contributed by atoms with Crippen LogP contribution in [0.5, 0.6) is 0 Å². The summed E-state index contributed by atoms with van der Waals surface area (Å²) in [6.45, 7) is 7.09. The van der Waals surface area contributed by atoms with E-state index in [2.05, 4.69) is 43.1 Å². The largest absolute Gasteiger partial charge is 0.306 e. The van der Waals surface area contributed by atoms with Crippen molar-refractivity contribution in [1.82, 2.24) is 5.32 Å². The molecule has 1 heteroatoms. The summed E-state index contributed by atoms with van der Waals surface area (Å²) in [4.78, 5) is 0. The van der Waals surface area contributed by atoms with Gasteiger partial charge in [-0.15, -0.1) is 0 Å². The van der Waals surface area contributed by atoms with Crippen molar-refractivity contribution in [3.05, 3.63) is 47.5 Å². The molecule has 1 heterocycles. The average molecular weight is 187 g/mol. The van der Waals surface area contributed by atoms with E-state index in [1.54, 1.807) is 0 Å². The molecule has 0 aliphatic carbocycles. The van der Waals surface area contributed by atoms with Crippen LogP contribution in [0.1, 0.15) is 30.0 Å². The smallest absolute Gasteiger partial charge is 0.0326 e. The Bertz CT molecular complexity index is 314. The summed E-state index contributed by atoms with van der Waals surface area (Å²) in [5.74, 6) is 0. The third kappa shape index (κ3) is 2.05. The number of aryl methyl sites for hydroxylation is 1. The van der Waals surface area contributed by atoms with Gasteiger partial charge in [-0.1, -0.05) is 42.0 Å². The van der Waals surface area contributed by atoms with E-state index in [1.165, 1.54) is 23.1 Å². The molecule has 0 amide bonds. The Balaban J connectivity index is 2.08. The standard InChI is InChI=1S/C13H17N/c1-10-3-6-12(7-4-10)13-8-5-11(2)9-14-13/h3-4,6-7,13-14H,2,5,8-9H2,1H3. The van der Waals surface area contributed by atoms with Gasteiger partial charge in [0.05, 0.1) is 0 Å². The van der Waals surface area contributed by atoms with Crippen LogP contribution in [0.25, 0.3) is 0 Å². The van der Waals surface area contributed by atoms with E-state index < -0.39 is 0 Å². The molecule has 1 N–H and O–H groups in total. The molecule has 1 atom stereocenters. The van der Waals surface area contributed by atoms with E-state index in [0.717, 1.165) is 13.0 Å². The van der Waals surface area contributed by atoms with Gasteiger partial charge in [0.15, 0.2) is 0 Å². The Morgan fingerprint density at radius 3 is 2.57 bits per heavy atom. The zero-order valence-corrected chi connectivity index (χ0v) is 8.72.